The van der Waals surface area contributed by atoms with E-state index in [9.17, 15) is 0 Å². The Balaban J connectivity index is 2.06. The smallest absolute Gasteiger partial charge is 0.223 e. The molecule has 0 unspecified atom stereocenters. The second-order valence-corrected chi connectivity index (χ2v) is 5.72. The van der Waals surface area contributed by atoms with E-state index in [-0.39, 0.29) is 0 Å². The van der Waals surface area contributed by atoms with E-state index in [1.807, 2.05) is 42.6 Å². The van der Waals surface area contributed by atoms with Crippen molar-refractivity contribution in [2.24, 2.45) is 0 Å². The van der Waals surface area contributed by atoms with E-state index in [0.717, 1.165) is 46.0 Å². The average Bonchev–Trinajstić information content (AvgIpc) is 2.66. The van der Waals surface area contributed by atoms with Gasteiger partial charge in [0, 0.05) is 29.1 Å². The number of fused-ring (bicyclic) bond motifs is 3. The second-order valence-electron chi connectivity index (χ2n) is 5.72. The molecule has 0 spiro atoms. The van der Waals surface area contributed by atoms with E-state index < -0.39 is 0 Å². The number of nitrogens with zero attached hydrogens (tertiary/aromatic N) is 3. The molecule has 0 aliphatic heterocycles. The number of anilines is 1. The maximum atomic E-state index is 4.81. The lowest BCUT2D eigenvalue weighted by atomic mass is 10.0. The highest BCUT2D eigenvalue weighted by molar-refractivity contribution is 6.11. The van der Waals surface area contributed by atoms with E-state index in [1.165, 1.54) is 0 Å². The van der Waals surface area contributed by atoms with E-state index in [2.05, 4.69) is 35.4 Å². The molecule has 0 atom stereocenters. The van der Waals surface area contributed by atoms with Gasteiger partial charge in [0.15, 0.2) is 0 Å². The molecule has 118 valence electrons. The zero-order valence-electron chi connectivity index (χ0n) is 13.5. The molecule has 24 heavy (non-hydrogen) atoms. The van der Waals surface area contributed by atoms with Crippen LogP contribution in [0.5, 0.6) is 0 Å². The third-order valence-corrected chi connectivity index (χ3v) is 4.02. The summed E-state index contributed by atoms with van der Waals surface area (Å²) in [6.45, 7) is 2.99. The Labute approximate surface area is 140 Å². The molecule has 0 bridgehead atoms. The van der Waals surface area contributed by atoms with Gasteiger partial charge in [-0.15, -0.1) is 0 Å². The molecule has 4 nitrogen and oxygen atoms in total. The van der Waals surface area contributed by atoms with Crippen molar-refractivity contribution in [1.82, 2.24) is 15.0 Å². The fraction of sp³-hybridized carbons (Fsp3) is 0.150. The predicted octanol–water partition coefficient (Wildman–Crippen LogP) is 4.67. The zero-order chi connectivity index (χ0) is 16.4. The summed E-state index contributed by atoms with van der Waals surface area (Å²) in [7, 11) is 0. The van der Waals surface area contributed by atoms with Crippen LogP contribution < -0.4 is 5.32 Å². The van der Waals surface area contributed by atoms with Crippen molar-refractivity contribution in [2.75, 3.05) is 11.9 Å². The normalized spacial score (nSPS) is 11.0. The Kier molecular flexibility index (Phi) is 3.79. The molecule has 0 fully saturated rings. The van der Waals surface area contributed by atoms with Crippen LogP contribution in [0.3, 0.4) is 0 Å². The summed E-state index contributed by atoms with van der Waals surface area (Å²) < 4.78 is 0. The van der Waals surface area contributed by atoms with Crippen molar-refractivity contribution in [1.29, 1.82) is 0 Å². The van der Waals surface area contributed by atoms with E-state index in [1.54, 1.807) is 0 Å². The van der Waals surface area contributed by atoms with Gasteiger partial charge in [-0.3, -0.25) is 4.98 Å². The summed E-state index contributed by atoms with van der Waals surface area (Å²) in [6, 6.07) is 18.3. The van der Waals surface area contributed by atoms with E-state index in [0.29, 0.717) is 5.95 Å². The van der Waals surface area contributed by atoms with Crippen LogP contribution in [0.4, 0.5) is 5.95 Å². The Morgan fingerprint density at radius 1 is 0.875 bits per heavy atom. The molecule has 4 aromatic rings. The van der Waals surface area contributed by atoms with Crippen molar-refractivity contribution in [3.8, 4) is 11.3 Å². The Bertz CT molecular complexity index is 996. The molecular formula is C20H18N4. The Morgan fingerprint density at radius 3 is 2.54 bits per heavy atom. The molecule has 0 saturated heterocycles. The highest BCUT2D eigenvalue weighted by Gasteiger charge is 2.13. The Morgan fingerprint density at radius 2 is 1.71 bits per heavy atom. The molecule has 0 radical (unpaired) electrons. The first-order chi connectivity index (χ1) is 11.9. The van der Waals surface area contributed by atoms with Crippen LogP contribution >= 0.6 is 0 Å². The number of hydrogen-bond acceptors (Lipinski definition) is 4. The van der Waals surface area contributed by atoms with Gasteiger partial charge in [0.2, 0.25) is 5.95 Å². The summed E-state index contributed by atoms with van der Waals surface area (Å²) in [5, 5.41) is 5.44. The van der Waals surface area contributed by atoms with Crippen LogP contribution in [0.2, 0.25) is 0 Å². The monoisotopic (exact) mass is 314 g/mol. The number of benzene rings is 2. The van der Waals surface area contributed by atoms with Crippen molar-refractivity contribution in [3.05, 3.63) is 60.8 Å². The van der Waals surface area contributed by atoms with Gasteiger partial charge in [0.05, 0.1) is 16.7 Å². The van der Waals surface area contributed by atoms with Crippen LogP contribution in [0.1, 0.15) is 13.3 Å². The molecule has 0 aliphatic carbocycles. The molecule has 0 saturated carbocycles. The maximum absolute atomic E-state index is 4.81. The highest BCUT2D eigenvalue weighted by Crippen LogP contribution is 2.32. The van der Waals surface area contributed by atoms with E-state index in [4.69, 9.17) is 9.97 Å². The van der Waals surface area contributed by atoms with Crippen LogP contribution in [0.15, 0.2) is 60.8 Å². The Hall–Kier alpha value is -3.01. The number of nitrogens with one attached hydrogen (secondary N) is 1. The van der Waals surface area contributed by atoms with Crippen molar-refractivity contribution in [3.63, 3.8) is 0 Å². The first-order valence-corrected chi connectivity index (χ1v) is 8.21. The highest BCUT2D eigenvalue weighted by atomic mass is 15.1. The average molecular weight is 314 g/mol. The van der Waals surface area contributed by atoms with Gasteiger partial charge in [-0.1, -0.05) is 43.3 Å². The molecule has 4 heteroatoms. The van der Waals surface area contributed by atoms with Crippen LogP contribution in [0, 0.1) is 0 Å². The third kappa shape index (κ3) is 2.56. The quantitative estimate of drug-likeness (QED) is 0.556. The van der Waals surface area contributed by atoms with Crippen LogP contribution in [-0.2, 0) is 0 Å². The maximum Gasteiger partial charge on any atom is 0.223 e. The predicted molar refractivity (Wildman–Crippen MR) is 99.1 cm³/mol. The SMILES string of the molecule is CCCNc1nc(-c2ccccc2)c2c(ccc3ncccc32)n1. The molecular weight excluding hydrogens is 296 g/mol. The molecule has 4 rings (SSSR count). The van der Waals surface area contributed by atoms with Gasteiger partial charge in [0.25, 0.3) is 0 Å². The molecule has 1 N–H and O–H groups in total. The minimum absolute atomic E-state index is 0.673. The van der Waals surface area contributed by atoms with Crippen LogP contribution in [-0.4, -0.2) is 21.5 Å². The summed E-state index contributed by atoms with van der Waals surface area (Å²) in [4.78, 5) is 14.0. The number of rotatable bonds is 4. The van der Waals surface area contributed by atoms with Gasteiger partial charge in [0.1, 0.15) is 0 Å². The second kappa shape index (κ2) is 6.24. The minimum Gasteiger partial charge on any atom is -0.354 e. The van der Waals surface area contributed by atoms with Crippen molar-refractivity contribution < 1.29 is 0 Å². The molecule has 2 aromatic heterocycles. The fourth-order valence-corrected chi connectivity index (χ4v) is 2.90. The fourth-order valence-electron chi connectivity index (χ4n) is 2.90. The summed E-state index contributed by atoms with van der Waals surface area (Å²) in [6.07, 6.45) is 2.85. The van der Waals surface area contributed by atoms with Gasteiger partial charge in [-0.05, 0) is 24.6 Å². The zero-order valence-corrected chi connectivity index (χ0v) is 13.5. The van der Waals surface area contributed by atoms with Gasteiger partial charge >= 0.3 is 0 Å². The molecule has 0 amide bonds. The number of aromatic nitrogens is 3. The summed E-state index contributed by atoms with van der Waals surface area (Å²) in [5.41, 5.74) is 3.92. The van der Waals surface area contributed by atoms with Crippen molar-refractivity contribution in [2.45, 2.75) is 13.3 Å². The van der Waals surface area contributed by atoms with E-state index >= 15 is 0 Å². The molecule has 2 heterocycles. The largest absolute Gasteiger partial charge is 0.354 e. The molecule has 2 aromatic carbocycles. The van der Waals surface area contributed by atoms with Gasteiger partial charge in [-0.25, -0.2) is 9.97 Å². The van der Waals surface area contributed by atoms with Crippen LogP contribution in [0.25, 0.3) is 33.1 Å². The summed E-state index contributed by atoms with van der Waals surface area (Å²) in [5.74, 6) is 0.673. The topological polar surface area (TPSA) is 50.7 Å². The number of pyridine rings is 1. The lowest BCUT2D eigenvalue weighted by molar-refractivity contribution is 0.958. The van der Waals surface area contributed by atoms with Gasteiger partial charge in [-0.2, -0.15) is 0 Å². The lowest BCUT2D eigenvalue weighted by Crippen LogP contribution is -2.05. The molecule has 0 aliphatic rings. The lowest BCUT2D eigenvalue weighted by Gasteiger charge is -2.12. The standard InChI is InChI=1S/C20H18N4/c1-2-12-22-20-23-17-11-10-16-15(9-6-13-21-16)18(17)19(24-20)14-7-4-3-5-8-14/h3-11,13H,2,12H2,1H3,(H,22,23,24). The first kappa shape index (κ1) is 14.6. The first-order valence-electron chi connectivity index (χ1n) is 8.21. The summed E-state index contributed by atoms with van der Waals surface area (Å²) >= 11 is 0. The third-order valence-electron chi connectivity index (χ3n) is 4.02. The minimum atomic E-state index is 0.673. The van der Waals surface area contributed by atoms with Gasteiger partial charge < -0.3 is 5.32 Å². The van der Waals surface area contributed by atoms with Crippen molar-refractivity contribution >= 4 is 27.8 Å². The number of hydrogen-bond donors (Lipinski definition) is 1.